The van der Waals surface area contributed by atoms with Gasteiger partial charge in [0, 0.05) is 30.2 Å². The van der Waals surface area contributed by atoms with E-state index in [4.69, 9.17) is 4.74 Å². The molecule has 0 aliphatic heterocycles. The Hall–Kier alpha value is -5.38. The van der Waals surface area contributed by atoms with Crippen molar-refractivity contribution in [3.8, 4) is 17.2 Å². The number of carbonyl (C=O) groups excluding carboxylic acids is 1. The number of pyridine rings is 1. The lowest BCUT2D eigenvalue weighted by Crippen LogP contribution is -2.24. The Morgan fingerprint density at radius 1 is 0.872 bits per heavy atom. The lowest BCUT2D eigenvalue weighted by molar-refractivity contribution is 0.0951. The summed E-state index contributed by atoms with van der Waals surface area (Å²) in [5.41, 5.74) is 1.60. The van der Waals surface area contributed by atoms with Gasteiger partial charge in [-0.25, -0.2) is 8.78 Å². The monoisotopic (exact) mass is 525 g/mol. The van der Waals surface area contributed by atoms with Gasteiger partial charge in [0.05, 0.1) is 11.9 Å². The minimum atomic E-state index is -0.570. The predicted octanol–water partition coefficient (Wildman–Crippen LogP) is 5.37. The summed E-state index contributed by atoms with van der Waals surface area (Å²) < 4.78 is 33.7. The standard InChI is InChI=1S/C29H21F2N5O3/c30-21-5-11-24(12-6-21)36-29(38)27(26(18-34-36)39-25-13-7-22(31)8-14-25)35-23-9-3-20(4-10-23)28(37)33-17-19-2-1-15-32-16-19/h1-16,18,35H,17H2,(H,33,37). The van der Waals surface area contributed by atoms with Crippen LogP contribution < -0.4 is 20.9 Å². The second kappa shape index (κ2) is 11.3. The number of aromatic nitrogens is 3. The van der Waals surface area contributed by atoms with Crippen molar-refractivity contribution in [1.29, 1.82) is 0 Å². The Balaban J connectivity index is 1.41. The van der Waals surface area contributed by atoms with E-state index in [9.17, 15) is 18.4 Å². The molecule has 10 heteroatoms. The quantitative estimate of drug-likeness (QED) is 0.283. The van der Waals surface area contributed by atoms with Crippen molar-refractivity contribution in [2.75, 3.05) is 5.32 Å². The van der Waals surface area contributed by atoms with Crippen LogP contribution in [0.15, 0.2) is 108 Å². The van der Waals surface area contributed by atoms with E-state index in [1.807, 2.05) is 6.07 Å². The second-order valence-corrected chi connectivity index (χ2v) is 8.38. The number of anilines is 2. The van der Waals surface area contributed by atoms with Crippen LogP contribution in [0.5, 0.6) is 11.5 Å². The molecule has 0 spiro atoms. The fourth-order valence-corrected chi connectivity index (χ4v) is 3.66. The molecule has 39 heavy (non-hydrogen) atoms. The zero-order valence-corrected chi connectivity index (χ0v) is 20.3. The van der Waals surface area contributed by atoms with Crippen LogP contribution in [0.1, 0.15) is 15.9 Å². The van der Waals surface area contributed by atoms with Crippen LogP contribution in [-0.2, 0) is 6.54 Å². The summed E-state index contributed by atoms with van der Waals surface area (Å²) in [4.78, 5) is 30.0. The smallest absolute Gasteiger partial charge is 0.299 e. The van der Waals surface area contributed by atoms with Gasteiger partial charge in [-0.05, 0) is 84.4 Å². The van der Waals surface area contributed by atoms with Gasteiger partial charge in [0.1, 0.15) is 17.4 Å². The summed E-state index contributed by atoms with van der Waals surface area (Å²) in [5, 5.41) is 10.0. The highest BCUT2D eigenvalue weighted by molar-refractivity contribution is 5.94. The molecule has 5 aromatic rings. The largest absolute Gasteiger partial charge is 0.453 e. The Kier molecular flexibility index (Phi) is 7.35. The molecule has 0 saturated carbocycles. The summed E-state index contributed by atoms with van der Waals surface area (Å²) >= 11 is 0. The number of ether oxygens (including phenoxy) is 1. The number of nitrogens with one attached hydrogen (secondary N) is 2. The zero-order chi connectivity index (χ0) is 27.2. The van der Waals surface area contributed by atoms with Gasteiger partial charge in [0.15, 0.2) is 11.4 Å². The second-order valence-electron chi connectivity index (χ2n) is 8.38. The van der Waals surface area contributed by atoms with Gasteiger partial charge in [-0.2, -0.15) is 9.78 Å². The van der Waals surface area contributed by atoms with Crippen molar-refractivity contribution >= 4 is 17.3 Å². The number of carbonyl (C=O) groups is 1. The van der Waals surface area contributed by atoms with E-state index in [0.29, 0.717) is 29.2 Å². The van der Waals surface area contributed by atoms with Crippen LogP contribution in [0.4, 0.5) is 20.2 Å². The van der Waals surface area contributed by atoms with Crippen LogP contribution in [0, 0.1) is 11.6 Å². The molecule has 2 heterocycles. The highest BCUT2D eigenvalue weighted by Crippen LogP contribution is 2.29. The molecule has 2 N–H and O–H groups in total. The Morgan fingerprint density at radius 3 is 2.23 bits per heavy atom. The molecule has 1 amide bonds. The molecule has 5 rings (SSSR count). The van der Waals surface area contributed by atoms with Gasteiger partial charge in [0.2, 0.25) is 0 Å². The van der Waals surface area contributed by atoms with Crippen molar-refractivity contribution in [2.45, 2.75) is 6.54 Å². The first-order chi connectivity index (χ1) is 19.0. The average Bonchev–Trinajstić information content (AvgIpc) is 2.96. The number of nitrogens with zero attached hydrogens (tertiary/aromatic N) is 3. The van der Waals surface area contributed by atoms with Gasteiger partial charge in [-0.3, -0.25) is 14.6 Å². The number of benzene rings is 3. The third-order valence-corrected chi connectivity index (χ3v) is 5.65. The Bertz CT molecular complexity index is 1640. The molecule has 0 bridgehead atoms. The van der Waals surface area contributed by atoms with Crippen LogP contribution in [0.2, 0.25) is 0 Å². The molecule has 194 valence electrons. The number of rotatable bonds is 8. The van der Waals surface area contributed by atoms with Crippen molar-refractivity contribution < 1.29 is 18.3 Å². The maximum Gasteiger partial charge on any atom is 0.299 e. The summed E-state index contributed by atoms with van der Waals surface area (Å²) in [6.07, 6.45) is 4.66. The lowest BCUT2D eigenvalue weighted by atomic mass is 10.2. The van der Waals surface area contributed by atoms with Gasteiger partial charge in [-0.1, -0.05) is 6.07 Å². The lowest BCUT2D eigenvalue weighted by Gasteiger charge is -2.15. The Labute approximate surface area is 221 Å². The van der Waals surface area contributed by atoms with E-state index >= 15 is 0 Å². The molecular weight excluding hydrogens is 504 g/mol. The summed E-state index contributed by atoms with van der Waals surface area (Å²) in [5.74, 6) is -0.779. The Morgan fingerprint density at radius 2 is 1.56 bits per heavy atom. The predicted molar refractivity (Wildman–Crippen MR) is 141 cm³/mol. The first kappa shape index (κ1) is 25.3. The van der Waals surface area contributed by atoms with Crippen LogP contribution in [-0.4, -0.2) is 20.7 Å². The SMILES string of the molecule is O=C(NCc1cccnc1)c1ccc(Nc2c(Oc3ccc(F)cc3)cnn(-c3ccc(F)cc3)c2=O)cc1. The van der Waals surface area contributed by atoms with Crippen molar-refractivity contribution in [1.82, 2.24) is 20.1 Å². The number of amides is 1. The van der Waals surface area contributed by atoms with E-state index in [0.717, 1.165) is 10.2 Å². The van der Waals surface area contributed by atoms with Gasteiger partial charge in [-0.15, -0.1) is 0 Å². The third-order valence-electron chi connectivity index (χ3n) is 5.65. The molecule has 0 aliphatic carbocycles. The number of hydrogen-bond donors (Lipinski definition) is 2. The molecule has 0 unspecified atom stereocenters. The molecule has 8 nitrogen and oxygen atoms in total. The third kappa shape index (κ3) is 6.13. The number of hydrogen-bond acceptors (Lipinski definition) is 6. The molecule has 2 aromatic heterocycles. The summed E-state index contributed by atoms with van der Waals surface area (Å²) in [6, 6.07) is 20.7. The van der Waals surface area contributed by atoms with Crippen LogP contribution in [0.25, 0.3) is 5.69 Å². The molecule has 0 saturated heterocycles. The van der Waals surface area contributed by atoms with Gasteiger partial charge < -0.3 is 15.4 Å². The van der Waals surface area contributed by atoms with Crippen molar-refractivity contribution in [3.05, 3.63) is 137 Å². The molecule has 0 atom stereocenters. The van der Waals surface area contributed by atoms with E-state index in [1.165, 1.54) is 54.7 Å². The minimum absolute atomic E-state index is 0.0347. The minimum Gasteiger partial charge on any atom is -0.453 e. The van der Waals surface area contributed by atoms with E-state index in [2.05, 4.69) is 20.7 Å². The van der Waals surface area contributed by atoms with Crippen molar-refractivity contribution in [2.24, 2.45) is 0 Å². The van der Waals surface area contributed by atoms with Crippen LogP contribution in [0.3, 0.4) is 0 Å². The summed E-state index contributed by atoms with van der Waals surface area (Å²) in [6.45, 7) is 0.330. The summed E-state index contributed by atoms with van der Waals surface area (Å²) in [7, 11) is 0. The maximum absolute atomic E-state index is 13.5. The fourth-order valence-electron chi connectivity index (χ4n) is 3.66. The van der Waals surface area contributed by atoms with E-state index in [-0.39, 0.29) is 17.3 Å². The van der Waals surface area contributed by atoms with E-state index in [1.54, 1.807) is 42.7 Å². The zero-order valence-electron chi connectivity index (χ0n) is 20.3. The van der Waals surface area contributed by atoms with E-state index < -0.39 is 17.2 Å². The van der Waals surface area contributed by atoms with Crippen LogP contribution >= 0.6 is 0 Å². The van der Waals surface area contributed by atoms with Gasteiger partial charge in [0.25, 0.3) is 11.5 Å². The average molecular weight is 526 g/mol. The molecule has 0 fully saturated rings. The fraction of sp³-hybridized carbons (Fsp3) is 0.0345. The topological polar surface area (TPSA) is 98.1 Å². The highest BCUT2D eigenvalue weighted by atomic mass is 19.1. The number of halogens is 2. The normalized spacial score (nSPS) is 10.6. The molecule has 0 aliphatic rings. The molecule has 3 aromatic carbocycles. The first-order valence-electron chi connectivity index (χ1n) is 11.8. The molecule has 0 radical (unpaired) electrons. The first-order valence-corrected chi connectivity index (χ1v) is 11.8. The maximum atomic E-state index is 13.5. The highest BCUT2D eigenvalue weighted by Gasteiger charge is 2.16. The van der Waals surface area contributed by atoms with Crippen molar-refractivity contribution in [3.63, 3.8) is 0 Å². The molecular formula is C29H21F2N5O3. The van der Waals surface area contributed by atoms with Gasteiger partial charge >= 0.3 is 0 Å².